The van der Waals surface area contributed by atoms with Crippen LogP contribution in [0.2, 0.25) is 0 Å². The van der Waals surface area contributed by atoms with Crippen LogP contribution in [-0.4, -0.2) is 70.4 Å². The van der Waals surface area contributed by atoms with Crippen molar-refractivity contribution in [2.75, 3.05) is 19.0 Å². The molecule has 1 aliphatic heterocycles. The molecule has 0 radical (unpaired) electrons. The second-order valence-electron chi connectivity index (χ2n) is 6.37. The zero-order chi connectivity index (χ0) is 25.5. The first-order valence-electron chi connectivity index (χ1n) is 8.10. The number of halogens is 1. The second-order valence-corrected chi connectivity index (χ2v) is 10.8. The first kappa shape index (κ1) is 27.6. The quantitative estimate of drug-likeness (QED) is 0.164. The Kier molecular flexibility index (Phi) is 7.71. The van der Waals surface area contributed by atoms with Gasteiger partial charge in [-0.1, -0.05) is 0 Å². The molecule has 6 atom stereocenters. The van der Waals surface area contributed by atoms with E-state index >= 15 is 0 Å². The summed E-state index contributed by atoms with van der Waals surface area (Å²) in [6, 6.07) is 2.35. The van der Waals surface area contributed by atoms with E-state index in [-0.39, 0.29) is 5.82 Å². The SMILES string of the molecule is N#CC1(n2ccc(N)nc2=O)OC(CF)(COP(=O)(O)OP(=O)(O)OP(=O)(O)O)C(O)C1O. The van der Waals surface area contributed by atoms with Gasteiger partial charge < -0.3 is 40.3 Å². The molecule has 0 spiro atoms. The van der Waals surface area contributed by atoms with E-state index in [2.05, 4.69) is 18.1 Å². The van der Waals surface area contributed by atoms with E-state index in [1.165, 1.54) is 6.07 Å². The minimum atomic E-state index is -5.91. The maximum Gasteiger partial charge on any atom is 0.490 e. The fraction of sp³-hybridized carbons (Fsp3) is 0.545. The van der Waals surface area contributed by atoms with Crippen molar-refractivity contribution in [2.24, 2.45) is 0 Å². The van der Waals surface area contributed by atoms with Gasteiger partial charge in [0, 0.05) is 6.20 Å². The Balaban J connectivity index is 2.35. The van der Waals surface area contributed by atoms with Crippen LogP contribution in [0.15, 0.2) is 17.1 Å². The number of aliphatic hydroxyl groups excluding tert-OH is 2. The van der Waals surface area contributed by atoms with Crippen molar-refractivity contribution in [3.05, 3.63) is 22.7 Å². The fourth-order valence-electron chi connectivity index (χ4n) is 2.69. The Bertz CT molecular complexity index is 1150. The van der Waals surface area contributed by atoms with Crippen LogP contribution in [0.3, 0.4) is 0 Å². The number of alkyl halides is 1. The molecule has 0 aliphatic carbocycles. The molecule has 22 heteroatoms. The maximum absolute atomic E-state index is 13.9. The van der Waals surface area contributed by atoms with E-state index in [4.69, 9.17) is 25.2 Å². The Morgan fingerprint density at radius 3 is 2.30 bits per heavy atom. The monoisotopic (exact) mass is 540 g/mol. The third-order valence-electron chi connectivity index (χ3n) is 4.06. The molecule has 0 bridgehead atoms. The Morgan fingerprint density at radius 2 is 1.82 bits per heavy atom. The summed E-state index contributed by atoms with van der Waals surface area (Å²) in [6.45, 7) is -3.40. The zero-order valence-corrected chi connectivity index (χ0v) is 18.5. The molecule has 0 aromatic carbocycles. The van der Waals surface area contributed by atoms with Crippen molar-refractivity contribution >= 4 is 29.3 Å². The van der Waals surface area contributed by atoms with Gasteiger partial charge in [-0.3, -0.25) is 9.09 Å². The lowest BCUT2D eigenvalue weighted by Crippen LogP contribution is -2.49. The number of rotatable bonds is 9. The number of nitrogens with two attached hydrogens (primary N) is 1. The van der Waals surface area contributed by atoms with Gasteiger partial charge in [-0.05, 0) is 6.07 Å². The number of hydrogen-bond acceptors (Lipinski definition) is 13. The van der Waals surface area contributed by atoms with Crippen molar-refractivity contribution in [2.45, 2.75) is 23.5 Å². The highest BCUT2D eigenvalue weighted by Crippen LogP contribution is 2.66. The van der Waals surface area contributed by atoms with Crippen LogP contribution in [0, 0.1) is 11.3 Å². The van der Waals surface area contributed by atoms with Crippen LogP contribution < -0.4 is 11.4 Å². The molecule has 2 heterocycles. The van der Waals surface area contributed by atoms with Gasteiger partial charge in [-0.25, -0.2) is 22.9 Å². The summed E-state index contributed by atoms with van der Waals surface area (Å²) >= 11 is 0. The number of nitriles is 1. The second kappa shape index (κ2) is 9.21. The predicted molar refractivity (Wildman–Crippen MR) is 98.1 cm³/mol. The molecular formula is C11H16FN4O14P3. The van der Waals surface area contributed by atoms with Crippen LogP contribution in [0.5, 0.6) is 0 Å². The highest BCUT2D eigenvalue weighted by atomic mass is 31.3. The first-order chi connectivity index (χ1) is 14.9. The molecule has 0 saturated carbocycles. The summed E-state index contributed by atoms with van der Waals surface area (Å²) in [5, 5.41) is 30.2. The largest absolute Gasteiger partial charge is 0.490 e. The fourth-order valence-corrected chi connectivity index (χ4v) is 5.77. The van der Waals surface area contributed by atoms with Gasteiger partial charge in [-0.15, -0.1) is 0 Å². The topological polar surface area (TPSA) is 294 Å². The number of aliphatic hydroxyl groups is 2. The molecule has 8 N–H and O–H groups in total. The molecule has 1 aromatic rings. The van der Waals surface area contributed by atoms with Gasteiger partial charge in [0.25, 0.3) is 5.72 Å². The number of hydrogen-bond donors (Lipinski definition) is 7. The number of phosphoric ester groups is 1. The van der Waals surface area contributed by atoms with Gasteiger partial charge in [0.1, 0.15) is 30.8 Å². The lowest BCUT2D eigenvalue weighted by molar-refractivity contribution is -0.167. The number of ether oxygens (including phenoxy) is 1. The maximum atomic E-state index is 13.9. The summed E-state index contributed by atoms with van der Waals surface area (Å²) < 4.78 is 64.5. The Labute approximate surface area is 182 Å². The average molecular weight is 540 g/mol. The summed E-state index contributed by atoms with van der Waals surface area (Å²) in [4.78, 5) is 51.0. The molecule has 1 aliphatic rings. The lowest BCUT2D eigenvalue weighted by atomic mass is 9.95. The molecule has 0 amide bonds. The van der Waals surface area contributed by atoms with Crippen molar-refractivity contribution in [1.29, 1.82) is 5.26 Å². The highest BCUT2D eigenvalue weighted by Gasteiger charge is 2.65. The number of nitrogen functional groups attached to an aromatic ring is 1. The van der Waals surface area contributed by atoms with Crippen molar-refractivity contribution in [3.63, 3.8) is 0 Å². The predicted octanol–water partition coefficient (Wildman–Crippen LogP) is -2.19. The molecule has 1 saturated heterocycles. The van der Waals surface area contributed by atoms with Crippen LogP contribution in [0.1, 0.15) is 0 Å². The van der Waals surface area contributed by atoms with Crippen molar-refractivity contribution < 1.29 is 65.8 Å². The standard InChI is InChI=1S/C11H16FN4O14P3/c12-3-10(5-27-32(23,24)30-33(25,26)29-31(20,21)22)7(17)8(18)11(4-13,28-10)16-2-1-6(14)15-9(16)19/h1-2,7-8,17-18H,3,5H2,(H,23,24)(H,25,26)(H2,14,15,19)(H2,20,21,22). The zero-order valence-electron chi connectivity index (χ0n) is 15.8. The molecule has 1 aromatic heterocycles. The van der Waals surface area contributed by atoms with Gasteiger partial charge >= 0.3 is 29.2 Å². The van der Waals surface area contributed by atoms with Gasteiger partial charge in [0.2, 0.25) is 0 Å². The smallest absolute Gasteiger partial charge is 0.387 e. The molecule has 6 unspecified atom stereocenters. The minimum Gasteiger partial charge on any atom is -0.387 e. The Hall–Kier alpha value is -1.61. The molecule has 18 nitrogen and oxygen atoms in total. The summed E-state index contributed by atoms with van der Waals surface area (Å²) in [7, 11) is -17.4. The third kappa shape index (κ3) is 5.91. The molecule has 2 rings (SSSR count). The van der Waals surface area contributed by atoms with Crippen LogP contribution in [0.4, 0.5) is 10.2 Å². The van der Waals surface area contributed by atoms with Gasteiger partial charge in [-0.2, -0.15) is 18.9 Å². The van der Waals surface area contributed by atoms with E-state index in [0.29, 0.717) is 4.57 Å². The summed E-state index contributed by atoms with van der Waals surface area (Å²) in [5.74, 6) is -0.304. The van der Waals surface area contributed by atoms with E-state index in [0.717, 1.165) is 12.3 Å². The Morgan fingerprint density at radius 1 is 1.21 bits per heavy atom. The highest BCUT2D eigenvalue weighted by molar-refractivity contribution is 7.66. The number of anilines is 1. The minimum absolute atomic E-state index is 0.304. The van der Waals surface area contributed by atoms with Crippen LogP contribution in [-0.2, 0) is 37.3 Å². The van der Waals surface area contributed by atoms with E-state index in [9.17, 15) is 43.2 Å². The molecule has 1 fully saturated rings. The van der Waals surface area contributed by atoms with Gasteiger partial charge in [0.15, 0.2) is 5.60 Å². The van der Waals surface area contributed by atoms with Crippen LogP contribution >= 0.6 is 23.5 Å². The number of nitrogens with zero attached hydrogens (tertiary/aromatic N) is 3. The van der Waals surface area contributed by atoms with E-state index < -0.39 is 66.0 Å². The average Bonchev–Trinajstić information content (AvgIpc) is 2.86. The first-order valence-corrected chi connectivity index (χ1v) is 12.6. The van der Waals surface area contributed by atoms with E-state index in [1.54, 1.807) is 0 Å². The van der Waals surface area contributed by atoms with Crippen molar-refractivity contribution in [1.82, 2.24) is 9.55 Å². The third-order valence-corrected chi connectivity index (χ3v) is 7.84. The van der Waals surface area contributed by atoms with Crippen LogP contribution in [0.25, 0.3) is 0 Å². The number of aromatic nitrogens is 2. The van der Waals surface area contributed by atoms with Crippen molar-refractivity contribution in [3.8, 4) is 6.07 Å². The number of phosphoric acid groups is 3. The van der Waals surface area contributed by atoms with E-state index in [1.807, 2.05) is 0 Å². The molecule has 33 heavy (non-hydrogen) atoms. The summed E-state index contributed by atoms with van der Waals surface area (Å²) in [5.41, 5.74) is -1.64. The van der Waals surface area contributed by atoms with Gasteiger partial charge in [0.05, 0.1) is 6.61 Å². The summed E-state index contributed by atoms with van der Waals surface area (Å²) in [6.07, 6.45) is -3.98. The molecule has 186 valence electrons. The normalized spacial score (nSPS) is 31.5. The molecular weight excluding hydrogens is 524 g/mol. The lowest BCUT2D eigenvalue weighted by Gasteiger charge is -2.30.